The summed E-state index contributed by atoms with van der Waals surface area (Å²) in [6, 6.07) is 8.43. The Labute approximate surface area is 149 Å². The first-order valence-electron chi connectivity index (χ1n) is 9.19. The van der Waals surface area contributed by atoms with E-state index in [1.807, 2.05) is 0 Å². The highest BCUT2D eigenvalue weighted by atomic mass is 16.2. The zero-order valence-electron chi connectivity index (χ0n) is 14.2. The Kier molecular flexibility index (Phi) is 1.88. The van der Waals surface area contributed by atoms with E-state index < -0.39 is 0 Å². The molecular weight excluding hydrogens is 326 g/mol. The molecule has 2 aliphatic heterocycles. The van der Waals surface area contributed by atoms with E-state index in [-0.39, 0.29) is 46.1 Å². The first-order valence-corrected chi connectivity index (χ1v) is 9.19. The fourth-order valence-corrected chi connectivity index (χ4v) is 6.81. The largest absolute Gasteiger partial charge is 0.347 e. The van der Waals surface area contributed by atoms with Crippen LogP contribution >= 0.6 is 0 Å². The van der Waals surface area contributed by atoms with Gasteiger partial charge in [0.15, 0.2) is 0 Å². The lowest BCUT2D eigenvalue weighted by molar-refractivity contribution is -0.0843. The molecule has 5 nitrogen and oxygen atoms in total. The maximum atomic E-state index is 12.9. The van der Waals surface area contributed by atoms with E-state index in [0.29, 0.717) is 0 Å². The van der Waals surface area contributed by atoms with Crippen molar-refractivity contribution in [2.75, 3.05) is 0 Å². The molecule has 0 saturated heterocycles. The van der Waals surface area contributed by atoms with Crippen molar-refractivity contribution in [3.05, 3.63) is 92.8 Å². The molecule has 0 unspecified atom stereocenters. The topological polar surface area (TPSA) is 48.9 Å². The third-order valence-corrected chi connectivity index (χ3v) is 7.76. The van der Waals surface area contributed by atoms with Gasteiger partial charge in [-0.25, -0.2) is 23.5 Å². The summed E-state index contributed by atoms with van der Waals surface area (Å²) in [6.45, 7) is 0. The average molecular weight is 343 g/mol. The molecule has 0 saturated carbocycles. The number of aromatic nitrogens is 3. The van der Waals surface area contributed by atoms with Gasteiger partial charge in [0.1, 0.15) is 0 Å². The molecule has 0 spiro atoms. The molecule has 26 heavy (non-hydrogen) atoms. The summed E-state index contributed by atoms with van der Waals surface area (Å²) in [6.07, 6.45) is 13.6. The summed E-state index contributed by atoms with van der Waals surface area (Å²) in [5, 5.41) is 0. The zero-order valence-corrected chi connectivity index (χ0v) is 14.2. The molecule has 0 amide bonds. The van der Waals surface area contributed by atoms with Crippen LogP contribution in [0.2, 0.25) is 0 Å². The van der Waals surface area contributed by atoms with Gasteiger partial charge < -0.3 is 0 Å². The molecular formula is C21H17N3O2. The second kappa shape index (κ2) is 3.65. The molecule has 1 aromatic carbocycles. The number of benzene rings is 1. The van der Waals surface area contributed by atoms with Gasteiger partial charge in [-0.2, -0.15) is 0 Å². The Hall–Kier alpha value is -2.82. The normalized spacial score (nSPS) is 41.4. The van der Waals surface area contributed by atoms with Gasteiger partial charge in [0.2, 0.25) is 0 Å². The number of allylic oxidation sites excluding steroid dienone is 6. The highest BCUT2D eigenvalue weighted by Gasteiger charge is 2.75. The quantitative estimate of drug-likeness (QED) is 0.687. The lowest BCUT2D eigenvalue weighted by Crippen LogP contribution is -2.70. The standard InChI is InChI=1S/C21H17N3O2/c1-22-18(25)23-16-8-9-17(24(23)19(22)26)21-11-10-20(16,21)14-6-7-15(21)13-5-3-2-4-12(13)14/h2-11,14-17H,1H3/t14-,15-,16-,17-,20-,21+/m0/s1. The Bertz CT molecular complexity index is 1150. The molecule has 0 fully saturated rings. The number of nitrogens with zero attached hydrogens (tertiary/aromatic N) is 3. The molecule has 0 N–H and O–H groups in total. The van der Waals surface area contributed by atoms with Crippen molar-refractivity contribution in [1.82, 2.24) is 13.9 Å². The van der Waals surface area contributed by atoms with E-state index in [0.717, 1.165) is 0 Å². The summed E-state index contributed by atoms with van der Waals surface area (Å²) in [7, 11) is 1.58. The van der Waals surface area contributed by atoms with Crippen molar-refractivity contribution in [1.29, 1.82) is 0 Å². The first kappa shape index (κ1) is 13.4. The lowest BCUT2D eigenvalue weighted by atomic mass is 9.33. The molecule has 3 heterocycles. The van der Waals surface area contributed by atoms with Crippen molar-refractivity contribution < 1.29 is 0 Å². The minimum Gasteiger partial charge on any atom is -0.246 e. The molecule has 0 radical (unpaired) electrons. The summed E-state index contributed by atoms with van der Waals surface area (Å²) in [5.74, 6) is 0.476. The third-order valence-electron chi connectivity index (χ3n) is 7.76. The Balaban J connectivity index is 1.64. The summed E-state index contributed by atoms with van der Waals surface area (Å²) in [5.41, 5.74) is 2.01. The van der Waals surface area contributed by atoms with Crippen LogP contribution in [0, 0.1) is 10.8 Å². The third kappa shape index (κ3) is 0.972. The van der Waals surface area contributed by atoms with Gasteiger partial charge in [0, 0.05) is 29.7 Å². The van der Waals surface area contributed by atoms with E-state index in [9.17, 15) is 9.59 Å². The second-order valence-corrected chi connectivity index (χ2v) is 8.26. The van der Waals surface area contributed by atoms with E-state index in [1.54, 1.807) is 16.4 Å². The summed E-state index contributed by atoms with van der Waals surface area (Å²) in [4.78, 5) is 25.7. The van der Waals surface area contributed by atoms with Gasteiger partial charge in [-0.15, -0.1) is 0 Å². The maximum absolute atomic E-state index is 12.9. The van der Waals surface area contributed by atoms with Gasteiger partial charge in [-0.3, -0.25) is 0 Å². The molecule has 7 aliphatic rings. The van der Waals surface area contributed by atoms with Crippen molar-refractivity contribution in [3.8, 4) is 0 Å². The van der Waals surface area contributed by atoms with Crippen LogP contribution in [-0.4, -0.2) is 13.9 Å². The minimum atomic E-state index is -0.212. The zero-order chi connectivity index (χ0) is 17.4. The van der Waals surface area contributed by atoms with Crippen LogP contribution < -0.4 is 11.4 Å². The van der Waals surface area contributed by atoms with Crippen LogP contribution in [0.3, 0.4) is 0 Å². The van der Waals surface area contributed by atoms with E-state index >= 15 is 0 Å². The Morgan fingerprint density at radius 3 is 1.65 bits per heavy atom. The first-order chi connectivity index (χ1) is 12.6. The van der Waals surface area contributed by atoms with Gasteiger partial charge in [-0.1, -0.05) is 60.7 Å². The van der Waals surface area contributed by atoms with Gasteiger partial charge in [-0.05, 0) is 11.1 Å². The van der Waals surface area contributed by atoms with Gasteiger partial charge in [0.05, 0.1) is 12.1 Å². The van der Waals surface area contributed by atoms with Crippen LogP contribution in [0.5, 0.6) is 0 Å². The highest BCUT2D eigenvalue weighted by Crippen LogP contribution is 2.80. The van der Waals surface area contributed by atoms with Gasteiger partial charge in [0.25, 0.3) is 0 Å². The molecule has 5 heteroatoms. The lowest BCUT2D eigenvalue weighted by Gasteiger charge is -2.72. The summed E-state index contributed by atoms with van der Waals surface area (Å²) >= 11 is 0. The smallest absolute Gasteiger partial charge is 0.246 e. The predicted molar refractivity (Wildman–Crippen MR) is 96.2 cm³/mol. The van der Waals surface area contributed by atoms with Crippen LogP contribution in [0.4, 0.5) is 0 Å². The number of hydrogen-bond donors (Lipinski definition) is 0. The van der Waals surface area contributed by atoms with Crippen LogP contribution in [0.1, 0.15) is 35.0 Å². The van der Waals surface area contributed by atoms with Crippen LogP contribution in [0.15, 0.2) is 70.3 Å². The minimum absolute atomic E-state index is 0.121. The van der Waals surface area contributed by atoms with Crippen LogP contribution in [-0.2, 0) is 7.05 Å². The van der Waals surface area contributed by atoms with E-state index in [1.165, 1.54) is 15.7 Å². The maximum Gasteiger partial charge on any atom is 0.347 e. The molecule has 9 rings (SSSR count). The van der Waals surface area contributed by atoms with Crippen LogP contribution in [0.25, 0.3) is 0 Å². The van der Waals surface area contributed by atoms with Gasteiger partial charge >= 0.3 is 11.4 Å². The van der Waals surface area contributed by atoms with Crippen molar-refractivity contribution in [2.24, 2.45) is 17.9 Å². The molecule has 1 aromatic heterocycles. The Morgan fingerprint density at radius 1 is 0.769 bits per heavy atom. The van der Waals surface area contributed by atoms with E-state index in [2.05, 4.69) is 60.7 Å². The fourth-order valence-electron chi connectivity index (χ4n) is 6.81. The molecule has 4 bridgehead atoms. The predicted octanol–water partition coefficient (Wildman–Crippen LogP) is 2.01. The number of rotatable bonds is 0. The molecule has 6 atom stereocenters. The molecule has 128 valence electrons. The second-order valence-electron chi connectivity index (χ2n) is 8.26. The molecule has 2 aromatic rings. The highest BCUT2D eigenvalue weighted by molar-refractivity contribution is 5.60. The molecule has 5 aliphatic carbocycles. The van der Waals surface area contributed by atoms with Crippen molar-refractivity contribution in [3.63, 3.8) is 0 Å². The van der Waals surface area contributed by atoms with Crippen molar-refractivity contribution >= 4 is 0 Å². The fraction of sp³-hybridized carbons (Fsp3) is 0.333. The van der Waals surface area contributed by atoms with E-state index in [4.69, 9.17) is 0 Å². The monoisotopic (exact) mass is 343 g/mol. The van der Waals surface area contributed by atoms with Crippen molar-refractivity contribution in [2.45, 2.75) is 23.9 Å². The average Bonchev–Trinajstić information content (AvgIpc) is 2.89. The number of hydrogen-bond acceptors (Lipinski definition) is 2. The summed E-state index contributed by atoms with van der Waals surface area (Å²) < 4.78 is 4.68. The SMILES string of the molecule is Cn1c(=O)n2n(c1=O)[C@H]1C=C[C@H]2[C@]23C=C[C@]12[C@H]1C=C[C@H]3c2ccccc21. The Morgan fingerprint density at radius 2 is 1.23 bits per heavy atom.